The summed E-state index contributed by atoms with van der Waals surface area (Å²) in [5.41, 5.74) is 2.64. The van der Waals surface area contributed by atoms with Crippen LogP contribution in [0.1, 0.15) is 28.8 Å². The number of nitrogens with zero attached hydrogens (tertiary/aromatic N) is 4. The van der Waals surface area contributed by atoms with Gasteiger partial charge < -0.3 is 19.8 Å². The SMILES string of the molecule is CS(=O)(=O)c1ccc(N2CCCC(O)C2)c(C(=O)N2CCN(c3ccc(C#N)cc3)CC2)c1. The zero-order valence-electron chi connectivity index (χ0n) is 18.6. The summed E-state index contributed by atoms with van der Waals surface area (Å²) in [6, 6.07) is 14.2. The van der Waals surface area contributed by atoms with Crippen molar-refractivity contribution in [3.8, 4) is 6.07 Å². The normalized spacial score (nSPS) is 19.3. The van der Waals surface area contributed by atoms with E-state index in [2.05, 4.69) is 11.0 Å². The zero-order valence-corrected chi connectivity index (χ0v) is 19.5. The molecule has 0 saturated carbocycles. The lowest BCUT2D eigenvalue weighted by Crippen LogP contribution is -2.49. The van der Waals surface area contributed by atoms with Crippen LogP contribution in [0.15, 0.2) is 47.4 Å². The number of aliphatic hydroxyl groups excluding tert-OH is 1. The van der Waals surface area contributed by atoms with Gasteiger partial charge in [0.05, 0.1) is 28.2 Å². The molecule has 2 saturated heterocycles. The Morgan fingerprint density at radius 1 is 1.03 bits per heavy atom. The first-order chi connectivity index (χ1) is 15.8. The Balaban J connectivity index is 1.55. The van der Waals surface area contributed by atoms with Crippen molar-refractivity contribution < 1.29 is 18.3 Å². The van der Waals surface area contributed by atoms with E-state index in [4.69, 9.17) is 5.26 Å². The minimum atomic E-state index is -3.47. The molecule has 1 unspecified atom stereocenters. The summed E-state index contributed by atoms with van der Waals surface area (Å²) in [6.07, 6.45) is 2.20. The van der Waals surface area contributed by atoms with Crippen molar-refractivity contribution in [1.82, 2.24) is 4.90 Å². The first-order valence-electron chi connectivity index (χ1n) is 11.1. The minimum Gasteiger partial charge on any atom is -0.391 e. The highest BCUT2D eigenvalue weighted by Crippen LogP contribution is 2.29. The number of carbonyl (C=O) groups is 1. The third-order valence-corrected chi connectivity index (χ3v) is 7.40. The van der Waals surface area contributed by atoms with Gasteiger partial charge in [-0.25, -0.2) is 8.42 Å². The molecule has 0 radical (unpaired) electrons. The van der Waals surface area contributed by atoms with Crippen molar-refractivity contribution in [1.29, 1.82) is 5.26 Å². The van der Waals surface area contributed by atoms with Gasteiger partial charge in [0.15, 0.2) is 9.84 Å². The number of sulfone groups is 1. The van der Waals surface area contributed by atoms with Crippen molar-refractivity contribution in [2.75, 3.05) is 55.3 Å². The van der Waals surface area contributed by atoms with Crippen LogP contribution in [0.4, 0.5) is 11.4 Å². The van der Waals surface area contributed by atoms with Crippen LogP contribution in [0.3, 0.4) is 0 Å². The second-order valence-corrected chi connectivity index (χ2v) is 10.6. The predicted molar refractivity (Wildman–Crippen MR) is 126 cm³/mol. The Morgan fingerprint density at radius 3 is 2.33 bits per heavy atom. The van der Waals surface area contributed by atoms with Gasteiger partial charge in [-0.3, -0.25) is 4.79 Å². The van der Waals surface area contributed by atoms with Gasteiger partial charge in [0.2, 0.25) is 0 Å². The summed E-state index contributed by atoms with van der Waals surface area (Å²) in [7, 11) is -3.47. The first kappa shape index (κ1) is 23.1. The van der Waals surface area contributed by atoms with Crippen LogP contribution in [-0.2, 0) is 9.84 Å². The zero-order chi connectivity index (χ0) is 23.6. The van der Waals surface area contributed by atoms with E-state index >= 15 is 0 Å². The Kier molecular flexibility index (Phi) is 6.58. The molecule has 2 aliphatic rings. The third kappa shape index (κ3) is 5.13. The molecule has 8 nitrogen and oxygen atoms in total. The number of hydrogen-bond donors (Lipinski definition) is 1. The van der Waals surface area contributed by atoms with Crippen LogP contribution in [-0.4, -0.2) is 76.0 Å². The number of β-amino-alcohol motifs (C(OH)–C–C–N with tert-alkyl or cyclic N) is 1. The highest BCUT2D eigenvalue weighted by Gasteiger charge is 2.28. The number of piperazine rings is 1. The minimum absolute atomic E-state index is 0.114. The molecule has 0 aromatic heterocycles. The number of benzene rings is 2. The van der Waals surface area contributed by atoms with Gasteiger partial charge in [-0.05, 0) is 55.3 Å². The van der Waals surface area contributed by atoms with E-state index in [0.717, 1.165) is 24.8 Å². The van der Waals surface area contributed by atoms with Crippen molar-refractivity contribution in [3.63, 3.8) is 0 Å². The van der Waals surface area contributed by atoms with E-state index in [9.17, 15) is 18.3 Å². The number of piperidine rings is 1. The molecule has 1 atom stereocenters. The molecule has 2 aromatic carbocycles. The van der Waals surface area contributed by atoms with E-state index in [-0.39, 0.29) is 10.8 Å². The van der Waals surface area contributed by atoms with Crippen LogP contribution in [0.5, 0.6) is 0 Å². The summed E-state index contributed by atoms with van der Waals surface area (Å²) in [6.45, 7) is 3.42. The second kappa shape index (κ2) is 9.41. The van der Waals surface area contributed by atoms with E-state index in [1.54, 1.807) is 23.1 Å². The van der Waals surface area contributed by atoms with Crippen molar-refractivity contribution in [2.45, 2.75) is 23.8 Å². The smallest absolute Gasteiger partial charge is 0.256 e. The lowest BCUT2D eigenvalue weighted by Gasteiger charge is -2.37. The molecule has 0 spiro atoms. The fraction of sp³-hybridized carbons (Fsp3) is 0.417. The summed E-state index contributed by atoms with van der Waals surface area (Å²) in [5.74, 6) is -0.199. The van der Waals surface area contributed by atoms with Gasteiger partial charge >= 0.3 is 0 Å². The van der Waals surface area contributed by atoms with Crippen LogP contribution < -0.4 is 9.80 Å². The number of aliphatic hydroxyl groups is 1. The number of carbonyl (C=O) groups excluding carboxylic acids is 1. The molecule has 33 heavy (non-hydrogen) atoms. The fourth-order valence-corrected chi connectivity index (χ4v) is 5.10. The number of nitriles is 1. The maximum atomic E-state index is 13.5. The molecule has 1 N–H and O–H groups in total. The average molecular weight is 469 g/mol. The quantitative estimate of drug-likeness (QED) is 0.731. The monoisotopic (exact) mass is 468 g/mol. The first-order valence-corrected chi connectivity index (χ1v) is 13.0. The molecule has 2 heterocycles. The molecular formula is C24H28N4O4S. The summed E-state index contributed by atoms with van der Waals surface area (Å²) in [5, 5.41) is 19.1. The molecule has 2 aromatic rings. The highest BCUT2D eigenvalue weighted by atomic mass is 32.2. The van der Waals surface area contributed by atoms with Crippen molar-refractivity contribution in [2.24, 2.45) is 0 Å². The lowest BCUT2D eigenvalue weighted by atomic mass is 10.0. The van der Waals surface area contributed by atoms with E-state index in [0.29, 0.717) is 56.1 Å². The lowest BCUT2D eigenvalue weighted by molar-refractivity contribution is 0.0746. The van der Waals surface area contributed by atoms with Crippen molar-refractivity contribution in [3.05, 3.63) is 53.6 Å². The summed E-state index contributed by atoms with van der Waals surface area (Å²) in [4.78, 5) is 19.5. The van der Waals surface area contributed by atoms with Crippen LogP contribution in [0.2, 0.25) is 0 Å². The molecule has 2 aliphatic heterocycles. The van der Waals surface area contributed by atoms with Gasteiger partial charge in [-0.15, -0.1) is 0 Å². The van der Waals surface area contributed by atoms with E-state index in [1.807, 2.05) is 17.0 Å². The molecule has 9 heteroatoms. The van der Waals surface area contributed by atoms with Crippen LogP contribution in [0, 0.1) is 11.3 Å². The maximum Gasteiger partial charge on any atom is 0.256 e. The van der Waals surface area contributed by atoms with Crippen LogP contribution in [0.25, 0.3) is 0 Å². The highest BCUT2D eigenvalue weighted by molar-refractivity contribution is 7.90. The molecule has 4 rings (SSSR count). The summed E-state index contributed by atoms with van der Waals surface area (Å²) < 4.78 is 24.3. The summed E-state index contributed by atoms with van der Waals surface area (Å²) >= 11 is 0. The number of anilines is 2. The predicted octanol–water partition coefficient (Wildman–Crippen LogP) is 1.89. The molecule has 0 bridgehead atoms. The van der Waals surface area contributed by atoms with E-state index < -0.39 is 15.9 Å². The maximum absolute atomic E-state index is 13.5. The Bertz CT molecular complexity index is 1170. The second-order valence-electron chi connectivity index (χ2n) is 8.63. The molecule has 1 amide bonds. The Labute approximate surface area is 194 Å². The van der Waals surface area contributed by atoms with Gasteiger partial charge in [-0.1, -0.05) is 0 Å². The van der Waals surface area contributed by atoms with Gasteiger partial charge in [0, 0.05) is 56.9 Å². The Morgan fingerprint density at radius 2 is 1.73 bits per heavy atom. The van der Waals surface area contributed by atoms with E-state index in [1.165, 1.54) is 12.1 Å². The molecule has 2 fully saturated rings. The van der Waals surface area contributed by atoms with Crippen molar-refractivity contribution >= 4 is 27.1 Å². The van der Waals surface area contributed by atoms with Gasteiger partial charge in [0.25, 0.3) is 5.91 Å². The number of hydrogen-bond acceptors (Lipinski definition) is 7. The molecule has 174 valence electrons. The standard InChI is InChI=1S/C24H28N4O4S/c1-33(31,32)21-8-9-23(28-10-2-3-20(29)17-28)22(15-21)24(30)27-13-11-26(12-14-27)19-6-4-18(16-25)5-7-19/h4-9,15,20,29H,2-3,10-14,17H2,1H3. The largest absolute Gasteiger partial charge is 0.391 e. The number of amides is 1. The topological polar surface area (TPSA) is 105 Å². The van der Waals surface area contributed by atoms with Gasteiger partial charge in [0.1, 0.15) is 0 Å². The molecule has 0 aliphatic carbocycles. The average Bonchev–Trinajstić information content (AvgIpc) is 2.83. The molecular weight excluding hydrogens is 440 g/mol. The van der Waals surface area contributed by atoms with Crippen LogP contribution >= 0.6 is 0 Å². The number of rotatable bonds is 4. The third-order valence-electron chi connectivity index (χ3n) is 6.29. The van der Waals surface area contributed by atoms with Gasteiger partial charge in [-0.2, -0.15) is 5.26 Å². The Hall–Kier alpha value is -3.09. The fourth-order valence-electron chi connectivity index (χ4n) is 4.45.